The van der Waals surface area contributed by atoms with E-state index < -0.39 is 5.97 Å². The van der Waals surface area contributed by atoms with Gasteiger partial charge in [-0.3, -0.25) is 4.79 Å². The first kappa shape index (κ1) is 29.4. The van der Waals surface area contributed by atoms with E-state index in [9.17, 15) is 4.79 Å². The molecule has 5 nitrogen and oxygen atoms in total. The van der Waals surface area contributed by atoms with Crippen molar-refractivity contribution in [3.8, 4) is 0 Å². The quantitative estimate of drug-likeness (QED) is 0.181. The van der Waals surface area contributed by atoms with Crippen molar-refractivity contribution in [1.82, 2.24) is 0 Å². The number of carboxylic acid groups (broad SMARTS) is 1. The van der Waals surface area contributed by atoms with E-state index in [-0.39, 0.29) is 18.6 Å². The number of carbonyl (C=O) groups is 1. The van der Waals surface area contributed by atoms with Crippen LogP contribution in [-0.2, 0) is 19.0 Å². The lowest BCUT2D eigenvalue weighted by atomic mass is 9.98. The van der Waals surface area contributed by atoms with E-state index in [0.717, 1.165) is 64.2 Å². The Hall–Kier alpha value is -0.650. The van der Waals surface area contributed by atoms with Gasteiger partial charge in [-0.25, -0.2) is 0 Å². The molecule has 3 unspecified atom stereocenters. The first-order valence-corrected chi connectivity index (χ1v) is 12.4. The molecule has 0 aromatic carbocycles. The molecular formula is C25H50O5. The number of hydrogen-bond acceptors (Lipinski definition) is 4. The molecule has 0 fully saturated rings. The van der Waals surface area contributed by atoms with Crippen LogP contribution in [0.15, 0.2) is 0 Å². The molecule has 0 spiro atoms. The monoisotopic (exact) mass is 430 g/mol. The fourth-order valence-electron chi connectivity index (χ4n) is 4.04. The molecule has 180 valence electrons. The summed E-state index contributed by atoms with van der Waals surface area (Å²) in [4.78, 5) is 10.5. The van der Waals surface area contributed by atoms with E-state index in [4.69, 9.17) is 19.3 Å². The van der Waals surface area contributed by atoms with Gasteiger partial charge in [-0.05, 0) is 44.9 Å². The predicted octanol–water partition coefficient (Wildman–Crippen LogP) is 6.77. The van der Waals surface area contributed by atoms with Gasteiger partial charge in [-0.2, -0.15) is 0 Å². The van der Waals surface area contributed by atoms with Crippen LogP contribution in [0, 0.1) is 0 Å². The molecule has 0 amide bonds. The molecule has 0 saturated carbocycles. The van der Waals surface area contributed by atoms with Crippen molar-refractivity contribution in [2.24, 2.45) is 0 Å². The zero-order chi connectivity index (χ0) is 22.5. The molecule has 0 saturated heterocycles. The largest absolute Gasteiger partial charge is 0.481 e. The Kier molecular flexibility index (Phi) is 21.1. The molecule has 3 atom stereocenters. The second-order valence-corrected chi connectivity index (χ2v) is 8.63. The van der Waals surface area contributed by atoms with E-state index in [0.29, 0.717) is 6.10 Å². The average molecular weight is 431 g/mol. The summed E-state index contributed by atoms with van der Waals surface area (Å²) in [7, 11) is 5.43. The molecule has 0 aliphatic rings. The lowest BCUT2D eigenvalue weighted by molar-refractivity contribution is -0.137. The maximum Gasteiger partial charge on any atom is 0.303 e. The summed E-state index contributed by atoms with van der Waals surface area (Å²) in [5.41, 5.74) is 0. The van der Waals surface area contributed by atoms with Crippen LogP contribution in [0.5, 0.6) is 0 Å². The van der Waals surface area contributed by atoms with Crippen LogP contribution in [0.2, 0.25) is 0 Å². The average Bonchev–Trinajstić information content (AvgIpc) is 2.74. The zero-order valence-electron chi connectivity index (χ0n) is 20.3. The van der Waals surface area contributed by atoms with E-state index in [1.807, 2.05) is 14.2 Å². The van der Waals surface area contributed by atoms with Crippen molar-refractivity contribution in [2.45, 2.75) is 134 Å². The number of methoxy groups -OCH3 is 3. The van der Waals surface area contributed by atoms with Crippen LogP contribution in [0.4, 0.5) is 0 Å². The van der Waals surface area contributed by atoms with Gasteiger partial charge in [0, 0.05) is 27.8 Å². The number of hydrogen-bond donors (Lipinski definition) is 1. The molecule has 5 heteroatoms. The first-order valence-electron chi connectivity index (χ1n) is 12.4. The third-order valence-corrected chi connectivity index (χ3v) is 6.17. The molecule has 0 radical (unpaired) electrons. The van der Waals surface area contributed by atoms with Crippen LogP contribution < -0.4 is 0 Å². The van der Waals surface area contributed by atoms with E-state index in [1.165, 1.54) is 38.5 Å². The zero-order valence-corrected chi connectivity index (χ0v) is 20.3. The van der Waals surface area contributed by atoms with Crippen molar-refractivity contribution < 1.29 is 24.1 Å². The van der Waals surface area contributed by atoms with Crippen LogP contribution in [0.1, 0.15) is 116 Å². The maximum atomic E-state index is 10.5. The summed E-state index contributed by atoms with van der Waals surface area (Å²) in [6, 6.07) is 0. The molecule has 0 heterocycles. The summed E-state index contributed by atoms with van der Waals surface area (Å²) in [6.45, 7) is 2.26. The summed E-state index contributed by atoms with van der Waals surface area (Å²) < 4.78 is 17.1. The second kappa shape index (κ2) is 21.6. The molecule has 1 N–H and O–H groups in total. The van der Waals surface area contributed by atoms with Crippen LogP contribution in [0.3, 0.4) is 0 Å². The summed E-state index contributed by atoms with van der Waals surface area (Å²) in [5.74, 6) is -0.696. The topological polar surface area (TPSA) is 65.0 Å². The van der Waals surface area contributed by atoms with Gasteiger partial charge in [0.1, 0.15) is 0 Å². The van der Waals surface area contributed by atoms with Gasteiger partial charge >= 0.3 is 5.97 Å². The number of carboxylic acids is 1. The predicted molar refractivity (Wildman–Crippen MR) is 124 cm³/mol. The highest BCUT2D eigenvalue weighted by Crippen LogP contribution is 2.20. The summed E-state index contributed by atoms with van der Waals surface area (Å²) >= 11 is 0. The third-order valence-electron chi connectivity index (χ3n) is 6.17. The molecule has 0 aliphatic carbocycles. The van der Waals surface area contributed by atoms with Gasteiger partial charge in [0.05, 0.1) is 18.3 Å². The Labute approximate surface area is 186 Å². The van der Waals surface area contributed by atoms with Gasteiger partial charge in [0.15, 0.2) is 0 Å². The minimum absolute atomic E-state index is 0.264. The summed E-state index contributed by atoms with van der Waals surface area (Å²) in [6.07, 6.45) is 19.4. The molecular weight excluding hydrogens is 380 g/mol. The molecule has 30 heavy (non-hydrogen) atoms. The minimum Gasteiger partial charge on any atom is -0.481 e. The van der Waals surface area contributed by atoms with E-state index in [1.54, 1.807) is 7.11 Å². The van der Waals surface area contributed by atoms with Gasteiger partial charge in [0.25, 0.3) is 0 Å². The fraction of sp³-hybridized carbons (Fsp3) is 0.960. The maximum absolute atomic E-state index is 10.5. The Bertz CT molecular complexity index is 375. The van der Waals surface area contributed by atoms with Crippen molar-refractivity contribution in [2.75, 3.05) is 21.3 Å². The van der Waals surface area contributed by atoms with Crippen molar-refractivity contribution in [3.05, 3.63) is 0 Å². The van der Waals surface area contributed by atoms with E-state index in [2.05, 4.69) is 6.92 Å². The molecule has 0 rings (SSSR count). The van der Waals surface area contributed by atoms with Gasteiger partial charge in [-0.15, -0.1) is 0 Å². The van der Waals surface area contributed by atoms with Gasteiger partial charge < -0.3 is 19.3 Å². The number of rotatable bonds is 23. The lowest BCUT2D eigenvalue weighted by Crippen LogP contribution is -2.20. The van der Waals surface area contributed by atoms with Crippen molar-refractivity contribution in [1.29, 1.82) is 0 Å². The number of ether oxygens (including phenoxy) is 3. The smallest absolute Gasteiger partial charge is 0.303 e. The van der Waals surface area contributed by atoms with Gasteiger partial charge in [0.2, 0.25) is 0 Å². The fourth-order valence-corrected chi connectivity index (χ4v) is 4.04. The molecule has 0 bridgehead atoms. The van der Waals surface area contributed by atoms with Crippen molar-refractivity contribution >= 4 is 5.97 Å². The Morgan fingerprint density at radius 2 is 0.967 bits per heavy atom. The highest BCUT2D eigenvalue weighted by molar-refractivity contribution is 5.66. The highest BCUT2D eigenvalue weighted by Gasteiger charge is 2.16. The SMILES string of the molecule is CCCCCCCCC(CCC(CCC(CCCCCCC(=O)O)OC)OC)OC. The lowest BCUT2D eigenvalue weighted by Gasteiger charge is -2.22. The van der Waals surface area contributed by atoms with Gasteiger partial charge in [-0.1, -0.05) is 64.7 Å². The number of unbranched alkanes of at least 4 members (excludes halogenated alkanes) is 8. The van der Waals surface area contributed by atoms with Crippen molar-refractivity contribution in [3.63, 3.8) is 0 Å². The minimum atomic E-state index is -0.696. The molecule has 0 aromatic heterocycles. The van der Waals surface area contributed by atoms with Crippen LogP contribution in [-0.4, -0.2) is 50.7 Å². The normalized spacial score (nSPS) is 14.5. The molecule has 0 aliphatic heterocycles. The standard InChI is InChI=1S/C25H50O5/c1-5-6-7-8-9-12-15-22(28-2)18-20-24(30-4)21-19-23(29-3)16-13-10-11-14-17-25(26)27/h22-24H,5-21H2,1-4H3,(H,26,27). The molecule has 0 aromatic rings. The second-order valence-electron chi connectivity index (χ2n) is 8.63. The number of aliphatic carboxylic acids is 1. The van der Waals surface area contributed by atoms with Crippen LogP contribution >= 0.6 is 0 Å². The Balaban J connectivity index is 3.94. The Morgan fingerprint density at radius 3 is 1.37 bits per heavy atom. The van der Waals surface area contributed by atoms with E-state index >= 15 is 0 Å². The summed E-state index contributed by atoms with van der Waals surface area (Å²) in [5, 5.41) is 8.68. The van der Waals surface area contributed by atoms with Crippen LogP contribution in [0.25, 0.3) is 0 Å². The Morgan fingerprint density at radius 1 is 0.600 bits per heavy atom. The highest BCUT2D eigenvalue weighted by atomic mass is 16.5. The first-order chi connectivity index (χ1) is 14.6. The third kappa shape index (κ3) is 18.1.